The minimum Gasteiger partial charge on any atom is -0.358 e. The second-order valence-electron chi connectivity index (χ2n) is 6.19. The molecule has 0 aliphatic carbocycles. The fourth-order valence-corrected chi connectivity index (χ4v) is 3.72. The average molecular weight is 392 g/mol. The zero-order valence-corrected chi connectivity index (χ0v) is 16.0. The molecule has 0 amide bonds. The van der Waals surface area contributed by atoms with E-state index < -0.39 is 4.92 Å². The van der Waals surface area contributed by atoms with E-state index in [1.165, 1.54) is 18.1 Å². The van der Waals surface area contributed by atoms with Gasteiger partial charge >= 0.3 is 5.82 Å². The first-order valence-electron chi connectivity index (χ1n) is 8.46. The highest BCUT2D eigenvalue weighted by Gasteiger charge is 2.25. The Bertz CT molecular complexity index is 1140. The van der Waals surface area contributed by atoms with E-state index in [0.29, 0.717) is 16.0 Å². The highest BCUT2D eigenvalue weighted by Crippen LogP contribution is 2.36. The first kappa shape index (κ1) is 17.9. The Kier molecular flexibility index (Phi) is 4.66. The van der Waals surface area contributed by atoms with Crippen LogP contribution in [0, 0.1) is 17.0 Å². The van der Waals surface area contributed by atoms with Crippen molar-refractivity contribution >= 4 is 17.6 Å². The lowest BCUT2D eigenvalue weighted by molar-refractivity contribution is -0.392. The van der Waals surface area contributed by atoms with Crippen LogP contribution in [0.4, 0.5) is 5.82 Å². The predicted octanol–water partition coefficient (Wildman–Crippen LogP) is 4.04. The maximum absolute atomic E-state index is 11.3. The van der Waals surface area contributed by atoms with Crippen molar-refractivity contribution in [1.29, 1.82) is 0 Å². The second-order valence-corrected chi connectivity index (χ2v) is 7.14. The van der Waals surface area contributed by atoms with Gasteiger partial charge in [-0.15, -0.1) is 10.2 Å². The first-order valence-corrected chi connectivity index (χ1v) is 9.27. The van der Waals surface area contributed by atoms with Crippen LogP contribution in [0.2, 0.25) is 0 Å². The molecule has 2 aromatic carbocycles. The zero-order chi connectivity index (χ0) is 19.7. The molecule has 0 fully saturated rings. The molecule has 4 rings (SSSR count). The van der Waals surface area contributed by atoms with Gasteiger partial charge in [-0.05, 0) is 40.7 Å². The minimum absolute atomic E-state index is 0.202. The van der Waals surface area contributed by atoms with Gasteiger partial charge < -0.3 is 14.7 Å². The fraction of sp³-hybridized carbons (Fsp3) is 0.105. The van der Waals surface area contributed by atoms with Crippen molar-refractivity contribution in [3.8, 4) is 17.1 Å². The summed E-state index contributed by atoms with van der Waals surface area (Å²) in [6.45, 7) is 2.02. The van der Waals surface area contributed by atoms with Gasteiger partial charge in [-0.25, -0.2) is 0 Å². The summed E-state index contributed by atoms with van der Waals surface area (Å²) in [5.41, 5.74) is 2.92. The summed E-state index contributed by atoms with van der Waals surface area (Å²) < 4.78 is 3.51. The molecule has 0 saturated heterocycles. The highest BCUT2D eigenvalue weighted by molar-refractivity contribution is 7.99. The van der Waals surface area contributed by atoms with Crippen molar-refractivity contribution in [2.75, 3.05) is 0 Å². The van der Waals surface area contributed by atoms with Gasteiger partial charge in [0.15, 0.2) is 10.9 Å². The largest absolute Gasteiger partial charge is 0.396 e. The molecule has 4 aromatic rings. The Balaban J connectivity index is 1.87. The van der Waals surface area contributed by atoms with Crippen LogP contribution >= 0.6 is 11.8 Å². The Labute approximate surface area is 165 Å². The summed E-state index contributed by atoms with van der Waals surface area (Å²) in [4.78, 5) is 14.7. The van der Waals surface area contributed by atoms with Crippen molar-refractivity contribution in [3.63, 3.8) is 0 Å². The van der Waals surface area contributed by atoms with E-state index in [1.54, 1.807) is 11.6 Å². The number of hydrogen-bond donors (Lipinski definition) is 0. The average Bonchev–Trinajstić information content (AvgIpc) is 3.28. The number of rotatable bonds is 5. The number of aromatic nitrogens is 5. The van der Waals surface area contributed by atoms with Gasteiger partial charge in [-0.2, -0.15) is 0 Å². The Hall–Kier alpha value is -3.46. The molecule has 0 bridgehead atoms. The van der Waals surface area contributed by atoms with E-state index >= 15 is 0 Å². The topological polar surface area (TPSA) is 91.7 Å². The van der Waals surface area contributed by atoms with Crippen molar-refractivity contribution < 1.29 is 4.92 Å². The third-order valence-electron chi connectivity index (χ3n) is 4.18. The quantitative estimate of drug-likeness (QED) is 0.376. The molecule has 0 N–H and O–H groups in total. The SMILES string of the molecule is Cc1ccc(-n2c(Sc3c([N+](=O)[O-])ncn3C)nnc2-c2ccccc2)cc1. The summed E-state index contributed by atoms with van der Waals surface area (Å²) in [7, 11) is 1.72. The third-order valence-corrected chi connectivity index (χ3v) is 5.29. The summed E-state index contributed by atoms with van der Waals surface area (Å²) in [6.07, 6.45) is 1.42. The molecule has 0 spiro atoms. The van der Waals surface area contributed by atoms with Crippen LogP contribution in [0.15, 0.2) is 71.1 Å². The number of hydrogen-bond acceptors (Lipinski definition) is 6. The van der Waals surface area contributed by atoms with E-state index in [1.807, 2.05) is 66.1 Å². The monoisotopic (exact) mass is 392 g/mol. The molecule has 0 aliphatic rings. The van der Waals surface area contributed by atoms with E-state index in [0.717, 1.165) is 16.8 Å². The zero-order valence-electron chi connectivity index (χ0n) is 15.2. The number of benzene rings is 2. The molecule has 0 atom stereocenters. The lowest BCUT2D eigenvalue weighted by Gasteiger charge is -2.10. The molecule has 0 saturated carbocycles. The van der Waals surface area contributed by atoms with Gasteiger partial charge in [-0.3, -0.25) is 4.57 Å². The van der Waals surface area contributed by atoms with Crippen molar-refractivity contribution in [1.82, 2.24) is 24.3 Å². The van der Waals surface area contributed by atoms with E-state index in [2.05, 4.69) is 15.2 Å². The van der Waals surface area contributed by atoms with Gasteiger partial charge in [0.05, 0.1) is 0 Å². The second kappa shape index (κ2) is 7.28. The predicted molar refractivity (Wildman–Crippen MR) is 106 cm³/mol. The Morgan fingerprint density at radius 3 is 2.43 bits per heavy atom. The molecular weight excluding hydrogens is 376 g/mol. The Morgan fingerprint density at radius 2 is 1.75 bits per heavy atom. The molecule has 8 nitrogen and oxygen atoms in total. The fourth-order valence-electron chi connectivity index (χ4n) is 2.77. The van der Waals surface area contributed by atoms with Crippen LogP contribution in [-0.4, -0.2) is 29.2 Å². The van der Waals surface area contributed by atoms with E-state index in [4.69, 9.17) is 0 Å². The minimum atomic E-state index is -0.493. The molecule has 0 aliphatic heterocycles. The van der Waals surface area contributed by atoms with Crippen LogP contribution in [0.25, 0.3) is 17.1 Å². The van der Waals surface area contributed by atoms with Gasteiger partial charge in [0, 0.05) is 18.3 Å². The summed E-state index contributed by atoms with van der Waals surface area (Å²) in [6, 6.07) is 17.7. The third kappa shape index (κ3) is 3.27. The molecular formula is C19H16N6O2S. The van der Waals surface area contributed by atoms with Crippen molar-refractivity contribution in [2.24, 2.45) is 7.05 Å². The standard InChI is InChI=1S/C19H16N6O2S/c1-13-8-10-15(11-9-13)24-16(14-6-4-3-5-7-14)21-22-19(24)28-18-17(25(26)27)20-12-23(18)2/h3-12H,1-2H3. The Morgan fingerprint density at radius 1 is 1.04 bits per heavy atom. The number of aryl methyl sites for hydroxylation is 2. The lowest BCUT2D eigenvalue weighted by atomic mass is 10.2. The smallest absolute Gasteiger partial charge is 0.358 e. The molecule has 28 heavy (non-hydrogen) atoms. The summed E-state index contributed by atoms with van der Waals surface area (Å²) in [5, 5.41) is 20.9. The maximum atomic E-state index is 11.3. The number of nitro groups is 1. The van der Waals surface area contributed by atoms with Gasteiger partial charge in [0.1, 0.15) is 0 Å². The van der Waals surface area contributed by atoms with Crippen LogP contribution in [0.3, 0.4) is 0 Å². The number of nitrogens with zero attached hydrogens (tertiary/aromatic N) is 6. The molecule has 2 heterocycles. The molecule has 140 valence electrons. The van der Waals surface area contributed by atoms with Crippen LogP contribution < -0.4 is 0 Å². The number of imidazole rings is 1. The van der Waals surface area contributed by atoms with E-state index in [-0.39, 0.29) is 5.82 Å². The van der Waals surface area contributed by atoms with Crippen LogP contribution in [0.5, 0.6) is 0 Å². The molecule has 2 aromatic heterocycles. The van der Waals surface area contributed by atoms with Crippen LogP contribution in [0.1, 0.15) is 5.56 Å². The summed E-state index contributed by atoms with van der Waals surface area (Å²) >= 11 is 1.17. The van der Waals surface area contributed by atoms with Gasteiger partial charge in [-0.1, -0.05) is 48.0 Å². The van der Waals surface area contributed by atoms with Crippen molar-refractivity contribution in [2.45, 2.75) is 17.1 Å². The van der Waals surface area contributed by atoms with E-state index in [9.17, 15) is 10.1 Å². The van der Waals surface area contributed by atoms with Gasteiger partial charge in [0.25, 0.3) is 0 Å². The summed E-state index contributed by atoms with van der Waals surface area (Å²) in [5.74, 6) is 0.462. The molecule has 0 radical (unpaired) electrons. The first-order chi connectivity index (χ1) is 13.5. The highest BCUT2D eigenvalue weighted by atomic mass is 32.2. The van der Waals surface area contributed by atoms with Gasteiger partial charge in [0.2, 0.25) is 11.5 Å². The van der Waals surface area contributed by atoms with Crippen LogP contribution in [-0.2, 0) is 7.05 Å². The lowest BCUT2D eigenvalue weighted by Crippen LogP contribution is -2.01. The van der Waals surface area contributed by atoms with Crippen molar-refractivity contribution in [3.05, 3.63) is 76.6 Å². The molecule has 9 heteroatoms. The molecule has 0 unspecified atom stereocenters. The normalized spacial score (nSPS) is 10.9. The maximum Gasteiger partial charge on any atom is 0.396 e.